The van der Waals surface area contributed by atoms with Gasteiger partial charge in [0, 0.05) is 5.57 Å². The molecule has 0 aromatic rings. The summed E-state index contributed by atoms with van der Waals surface area (Å²) in [5.74, 6) is -0.467. The van der Waals surface area contributed by atoms with Crippen molar-refractivity contribution in [2.45, 2.75) is 14.4 Å². The standard InChI is InChI=1S/C7H9NO3.C2H4.CH4/c1-6(2)7(10)11-4-3-8-5-9;1-2;/h1,3-4H2,2H3;1-2H2;1H4. The highest BCUT2D eigenvalue weighted by atomic mass is 16.5. The molecule has 80 valence electrons. The maximum absolute atomic E-state index is 10.6. The van der Waals surface area contributed by atoms with Crippen molar-refractivity contribution in [3.05, 3.63) is 25.3 Å². The number of esters is 1. The largest absolute Gasteiger partial charge is 0.460 e. The van der Waals surface area contributed by atoms with Crippen LogP contribution in [0.4, 0.5) is 0 Å². The fourth-order valence-electron chi connectivity index (χ4n) is 0.353. The second-order valence-electron chi connectivity index (χ2n) is 1.89. The van der Waals surface area contributed by atoms with Crippen molar-refractivity contribution in [2.75, 3.05) is 13.2 Å². The zero-order valence-corrected chi connectivity index (χ0v) is 7.71. The lowest BCUT2D eigenvalue weighted by atomic mass is 10.4. The predicted octanol–water partition coefficient (Wildman–Crippen LogP) is 1.88. The molecule has 0 saturated heterocycles. The minimum Gasteiger partial charge on any atom is -0.460 e. The molecule has 0 aromatic carbocycles. The molecule has 0 N–H and O–H groups in total. The average Bonchev–Trinajstić information content (AvgIpc) is 2.15. The highest BCUT2D eigenvalue weighted by molar-refractivity contribution is 5.86. The average molecular weight is 199 g/mol. The molecule has 0 amide bonds. The monoisotopic (exact) mass is 199 g/mol. The predicted molar refractivity (Wildman–Crippen MR) is 56.7 cm³/mol. The van der Waals surface area contributed by atoms with Crippen LogP contribution in [-0.4, -0.2) is 25.2 Å². The zero-order valence-electron chi connectivity index (χ0n) is 7.71. The van der Waals surface area contributed by atoms with E-state index >= 15 is 0 Å². The summed E-state index contributed by atoms with van der Waals surface area (Å²) >= 11 is 0. The molecule has 0 fully saturated rings. The van der Waals surface area contributed by atoms with E-state index < -0.39 is 5.97 Å². The summed E-state index contributed by atoms with van der Waals surface area (Å²) in [5, 5.41) is 0. The van der Waals surface area contributed by atoms with Crippen molar-refractivity contribution in [3.63, 3.8) is 0 Å². The van der Waals surface area contributed by atoms with Gasteiger partial charge in [-0.15, -0.1) is 13.2 Å². The maximum atomic E-state index is 10.6. The number of aliphatic imine (C=N–C) groups is 1. The molecule has 0 unspecified atom stereocenters. The van der Waals surface area contributed by atoms with Gasteiger partial charge in [-0.25, -0.2) is 14.6 Å². The summed E-state index contributed by atoms with van der Waals surface area (Å²) in [5.41, 5.74) is 0.333. The number of carbonyl (C=O) groups excluding carboxylic acids is 2. The van der Waals surface area contributed by atoms with Crippen LogP contribution in [-0.2, 0) is 14.3 Å². The van der Waals surface area contributed by atoms with Crippen molar-refractivity contribution in [1.29, 1.82) is 0 Å². The molecule has 4 heteroatoms. The first-order valence-corrected chi connectivity index (χ1v) is 3.54. The van der Waals surface area contributed by atoms with Crippen LogP contribution in [0.3, 0.4) is 0 Å². The van der Waals surface area contributed by atoms with Gasteiger partial charge in [-0.1, -0.05) is 14.0 Å². The lowest BCUT2D eigenvalue weighted by Gasteiger charge is -1.99. The molecule has 0 aromatic heterocycles. The maximum Gasteiger partial charge on any atom is 0.333 e. The van der Waals surface area contributed by atoms with Crippen molar-refractivity contribution >= 4 is 12.0 Å². The van der Waals surface area contributed by atoms with Gasteiger partial charge in [-0.2, -0.15) is 0 Å². The van der Waals surface area contributed by atoms with Crippen LogP contribution >= 0.6 is 0 Å². The second kappa shape index (κ2) is 13.9. The molecule has 0 saturated carbocycles. The SMILES string of the molecule is C.C=C.C=C(C)C(=O)OCCN=C=O. The quantitative estimate of drug-likeness (QED) is 0.173. The number of rotatable bonds is 4. The van der Waals surface area contributed by atoms with E-state index in [1.165, 1.54) is 6.08 Å². The van der Waals surface area contributed by atoms with Gasteiger partial charge in [0.05, 0.1) is 6.54 Å². The van der Waals surface area contributed by atoms with Crippen LogP contribution in [0.1, 0.15) is 14.4 Å². The van der Waals surface area contributed by atoms with E-state index in [-0.39, 0.29) is 20.6 Å². The highest BCUT2D eigenvalue weighted by Gasteiger charge is 2.00. The fourth-order valence-corrected chi connectivity index (χ4v) is 0.353. The van der Waals surface area contributed by atoms with Gasteiger partial charge >= 0.3 is 5.97 Å². The topological polar surface area (TPSA) is 55.7 Å². The summed E-state index contributed by atoms with van der Waals surface area (Å²) in [4.78, 5) is 23.4. The van der Waals surface area contributed by atoms with Gasteiger partial charge in [0.15, 0.2) is 0 Å². The summed E-state index contributed by atoms with van der Waals surface area (Å²) in [6.07, 6.45) is 1.33. The number of ether oxygens (including phenoxy) is 1. The van der Waals surface area contributed by atoms with Gasteiger partial charge < -0.3 is 4.74 Å². The van der Waals surface area contributed by atoms with E-state index in [1.807, 2.05) is 0 Å². The number of hydrogen-bond donors (Lipinski definition) is 0. The first kappa shape index (κ1) is 18.2. The number of hydrogen-bond acceptors (Lipinski definition) is 4. The van der Waals surface area contributed by atoms with E-state index in [2.05, 4.69) is 29.5 Å². The minimum atomic E-state index is -0.467. The Labute approximate surface area is 85.0 Å². The smallest absolute Gasteiger partial charge is 0.333 e. The molecule has 0 aliphatic rings. The van der Waals surface area contributed by atoms with Crippen LogP contribution in [0, 0.1) is 0 Å². The Balaban J connectivity index is -0.000000376. The van der Waals surface area contributed by atoms with Crippen LogP contribution in [0.2, 0.25) is 0 Å². The third-order valence-electron chi connectivity index (χ3n) is 0.849. The van der Waals surface area contributed by atoms with E-state index in [0.29, 0.717) is 5.57 Å². The van der Waals surface area contributed by atoms with E-state index in [9.17, 15) is 9.59 Å². The summed E-state index contributed by atoms with van der Waals surface area (Å²) < 4.78 is 4.59. The number of nitrogens with zero attached hydrogens (tertiary/aromatic N) is 1. The van der Waals surface area contributed by atoms with Crippen LogP contribution in [0.5, 0.6) is 0 Å². The highest BCUT2D eigenvalue weighted by Crippen LogP contribution is 1.90. The first-order valence-electron chi connectivity index (χ1n) is 3.54. The van der Waals surface area contributed by atoms with Gasteiger partial charge in [0.2, 0.25) is 6.08 Å². The molecule has 14 heavy (non-hydrogen) atoms. The Bertz CT molecular complexity index is 217. The first-order chi connectivity index (χ1) is 6.18. The van der Waals surface area contributed by atoms with E-state index in [4.69, 9.17) is 0 Å². The second-order valence-corrected chi connectivity index (χ2v) is 1.89. The third-order valence-corrected chi connectivity index (χ3v) is 0.849. The van der Waals surface area contributed by atoms with Gasteiger partial charge in [0.1, 0.15) is 6.61 Å². The lowest BCUT2D eigenvalue weighted by molar-refractivity contribution is -0.138. The van der Waals surface area contributed by atoms with Crippen molar-refractivity contribution in [2.24, 2.45) is 4.99 Å². The molecule has 4 nitrogen and oxygen atoms in total. The molecule has 0 bridgehead atoms. The molecule has 0 heterocycles. The Hall–Kier alpha value is -1.67. The Kier molecular flexibility index (Phi) is 18.0. The third kappa shape index (κ3) is 13.0. The van der Waals surface area contributed by atoms with Crippen LogP contribution < -0.4 is 0 Å². The lowest BCUT2D eigenvalue weighted by Crippen LogP contribution is -2.07. The van der Waals surface area contributed by atoms with E-state index in [0.717, 1.165) is 0 Å². The molecule has 0 spiro atoms. The summed E-state index contributed by atoms with van der Waals surface area (Å²) in [6, 6.07) is 0. The Morgan fingerprint density at radius 3 is 2.36 bits per heavy atom. The molecule has 0 radical (unpaired) electrons. The van der Waals surface area contributed by atoms with Crippen LogP contribution in [0.25, 0.3) is 0 Å². The summed E-state index contributed by atoms with van der Waals surface area (Å²) in [6.45, 7) is 11.2. The summed E-state index contributed by atoms with van der Waals surface area (Å²) in [7, 11) is 0. The minimum absolute atomic E-state index is 0. The van der Waals surface area contributed by atoms with Crippen molar-refractivity contribution in [3.8, 4) is 0 Å². The van der Waals surface area contributed by atoms with Gasteiger partial charge in [0.25, 0.3) is 0 Å². The normalized spacial score (nSPS) is 6.64. The van der Waals surface area contributed by atoms with Gasteiger partial charge in [-0.05, 0) is 6.92 Å². The van der Waals surface area contributed by atoms with E-state index in [1.54, 1.807) is 6.92 Å². The number of isocyanates is 1. The van der Waals surface area contributed by atoms with Crippen LogP contribution in [0.15, 0.2) is 30.3 Å². The van der Waals surface area contributed by atoms with Crippen molar-refractivity contribution < 1.29 is 14.3 Å². The molecule has 0 atom stereocenters. The molecular weight excluding hydrogens is 182 g/mol. The van der Waals surface area contributed by atoms with Gasteiger partial charge in [-0.3, -0.25) is 0 Å². The Morgan fingerprint density at radius 2 is 2.00 bits per heavy atom. The molecular formula is C10H17NO3. The molecule has 0 aliphatic heterocycles. The van der Waals surface area contributed by atoms with Crippen molar-refractivity contribution in [1.82, 2.24) is 0 Å². The molecule has 0 aliphatic carbocycles. The Morgan fingerprint density at radius 1 is 1.50 bits per heavy atom. The fraction of sp³-hybridized carbons (Fsp3) is 0.400. The number of carbonyl (C=O) groups is 1. The molecule has 0 rings (SSSR count). The zero-order chi connectivity index (χ0) is 10.7.